The fraction of sp³-hybridized carbons (Fsp3) is 0.571. The molecule has 2 nitrogen and oxygen atoms in total. The molecular formula is C14H23NO. The molecule has 2 heteroatoms. The first-order valence-electron chi connectivity index (χ1n) is 5.87. The second kappa shape index (κ2) is 6.02. The number of methoxy groups -OCH3 is 1. The Morgan fingerprint density at radius 2 is 1.94 bits per heavy atom. The van der Waals surface area contributed by atoms with E-state index in [4.69, 9.17) is 10.5 Å². The minimum absolute atomic E-state index is 0.178. The molecule has 2 N–H and O–H groups in total. The lowest BCUT2D eigenvalue weighted by Crippen LogP contribution is -2.27. The smallest absolute Gasteiger partial charge is 0.0558 e. The molecule has 0 fully saturated rings. The minimum atomic E-state index is 0.178. The van der Waals surface area contributed by atoms with E-state index in [1.807, 2.05) is 0 Å². The normalized spacial score (nSPS) is 14.8. The molecule has 2 atom stereocenters. The molecule has 0 amide bonds. The third-order valence-electron chi connectivity index (χ3n) is 3.11. The topological polar surface area (TPSA) is 35.2 Å². The molecule has 0 spiro atoms. The largest absolute Gasteiger partial charge is 0.382 e. The van der Waals surface area contributed by atoms with Gasteiger partial charge in [0.1, 0.15) is 0 Å². The number of hydrogen-bond donors (Lipinski definition) is 1. The lowest BCUT2D eigenvalue weighted by atomic mass is 9.98. The molecule has 0 saturated heterocycles. The number of rotatable bonds is 5. The molecule has 0 heterocycles. The molecule has 0 aromatic heterocycles. The quantitative estimate of drug-likeness (QED) is 0.829. The Morgan fingerprint density at radius 3 is 2.50 bits per heavy atom. The van der Waals surface area contributed by atoms with E-state index >= 15 is 0 Å². The van der Waals surface area contributed by atoms with Crippen LogP contribution >= 0.6 is 0 Å². The van der Waals surface area contributed by atoms with Crippen LogP contribution in [0.1, 0.15) is 30.0 Å². The van der Waals surface area contributed by atoms with Crippen molar-refractivity contribution in [1.29, 1.82) is 0 Å². The molecule has 0 radical (unpaired) electrons. The van der Waals surface area contributed by atoms with Gasteiger partial charge < -0.3 is 10.5 Å². The van der Waals surface area contributed by atoms with Crippen LogP contribution < -0.4 is 5.73 Å². The van der Waals surface area contributed by atoms with Crippen LogP contribution in [0.5, 0.6) is 0 Å². The van der Waals surface area contributed by atoms with E-state index in [-0.39, 0.29) is 12.1 Å². The van der Waals surface area contributed by atoms with Gasteiger partial charge in [0.2, 0.25) is 0 Å². The van der Waals surface area contributed by atoms with Crippen molar-refractivity contribution in [1.82, 2.24) is 0 Å². The molecule has 1 aromatic carbocycles. The van der Waals surface area contributed by atoms with E-state index in [0.717, 1.165) is 12.8 Å². The molecule has 0 aliphatic heterocycles. The van der Waals surface area contributed by atoms with Crippen LogP contribution in [-0.4, -0.2) is 19.3 Å². The average Bonchev–Trinajstić information content (AvgIpc) is 2.23. The number of benzene rings is 1. The van der Waals surface area contributed by atoms with Gasteiger partial charge in [-0.3, -0.25) is 0 Å². The Morgan fingerprint density at radius 1 is 1.25 bits per heavy atom. The van der Waals surface area contributed by atoms with Crippen LogP contribution in [-0.2, 0) is 11.2 Å². The zero-order valence-corrected chi connectivity index (χ0v) is 10.8. The third kappa shape index (κ3) is 3.95. The van der Waals surface area contributed by atoms with Crippen LogP contribution in [0.3, 0.4) is 0 Å². The summed E-state index contributed by atoms with van der Waals surface area (Å²) in [5, 5.41) is 0. The summed E-state index contributed by atoms with van der Waals surface area (Å²) in [5.74, 6) is 0. The molecule has 1 rings (SSSR count). The van der Waals surface area contributed by atoms with Gasteiger partial charge in [-0.15, -0.1) is 0 Å². The van der Waals surface area contributed by atoms with E-state index in [1.54, 1.807) is 7.11 Å². The number of ether oxygens (including phenoxy) is 1. The Labute approximate surface area is 98.8 Å². The first-order chi connectivity index (χ1) is 7.52. The average molecular weight is 221 g/mol. The van der Waals surface area contributed by atoms with Gasteiger partial charge in [-0.05, 0) is 50.3 Å². The first-order valence-corrected chi connectivity index (χ1v) is 5.87. The number of hydrogen-bond acceptors (Lipinski definition) is 2. The van der Waals surface area contributed by atoms with Gasteiger partial charge in [-0.25, -0.2) is 0 Å². The van der Waals surface area contributed by atoms with E-state index in [1.165, 1.54) is 16.7 Å². The van der Waals surface area contributed by atoms with Crippen molar-refractivity contribution in [3.8, 4) is 0 Å². The van der Waals surface area contributed by atoms with E-state index in [2.05, 4.69) is 39.0 Å². The van der Waals surface area contributed by atoms with Gasteiger partial charge in [0.05, 0.1) is 6.10 Å². The van der Waals surface area contributed by atoms with Gasteiger partial charge >= 0.3 is 0 Å². The van der Waals surface area contributed by atoms with Gasteiger partial charge in [-0.1, -0.05) is 18.2 Å². The van der Waals surface area contributed by atoms with Crippen molar-refractivity contribution in [2.45, 2.75) is 45.8 Å². The van der Waals surface area contributed by atoms with Gasteiger partial charge in [0, 0.05) is 13.2 Å². The summed E-state index contributed by atoms with van der Waals surface area (Å²) in [4.78, 5) is 0. The summed E-state index contributed by atoms with van der Waals surface area (Å²) in [7, 11) is 1.73. The van der Waals surface area contributed by atoms with Crippen molar-refractivity contribution in [2.24, 2.45) is 5.73 Å². The number of aryl methyl sites for hydroxylation is 2. The molecule has 90 valence electrons. The monoisotopic (exact) mass is 221 g/mol. The molecule has 2 unspecified atom stereocenters. The highest BCUT2D eigenvalue weighted by Crippen LogP contribution is 2.12. The Bertz CT molecular complexity index is 336. The summed E-state index contributed by atoms with van der Waals surface area (Å²) in [6.07, 6.45) is 2.07. The molecule has 0 aliphatic rings. The Balaban J connectivity index is 2.56. The maximum atomic E-state index is 6.09. The summed E-state index contributed by atoms with van der Waals surface area (Å²) >= 11 is 0. The van der Waals surface area contributed by atoms with E-state index in [9.17, 15) is 0 Å². The molecule has 0 saturated carbocycles. The minimum Gasteiger partial charge on any atom is -0.382 e. The molecule has 0 aliphatic carbocycles. The van der Waals surface area contributed by atoms with Gasteiger partial charge in [0.15, 0.2) is 0 Å². The highest BCUT2D eigenvalue weighted by atomic mass is 16.5. The standard InChI is InChI=1S/C14H23NO/c1-10-5-6-13(7-11(10)2)9-14(15)8-12(3)16-4/h5-7,12,14H,8-9,15H2,1-4H3. The van der Waals surface area contributed by atoms with E-state index < -0.39 is 0 Å². The molecule has 1 aromatic rings. The SMILES string of the molecule is COC(C)CC(N)Cc1ccc(C)c(C)c1. The lowest BCUT2D eigenvalue weighted by molar-refractivity contribution is 0.104. The maximum absolute atomic E-state index is 6.09. The van der Waals surface area contributed by atoms with Crippen molar-refractivity contribution in [2.75, 3.05) is 7.11 Å². The van der Waals surface area contributed by atoms with E-state index in [0.29, 0.717) is 0 Å². The second-order valence-electron chi connectivity index (χ2n) is 4.66. The fourth-order valence-corrected chi connectivity index (χ4v) is 1.84. The molecule has 16 heavy (non-hydrogen) atoms. The molecular weight excluding hydrogens is 198 g/mol. The highest BCUT2D eigenvalue weighted by Gasteiger charge is 2.09. The highest BCUT2D eigenvalue weighted by molar-refractivity contribution is 5.30. The predicted octanol–water partition coefficient (Wildman–Crippen LogP) is 2.60. The zero-order chi connectivity index (χ0) is 12.1. The van der Waals surface area contributed by atoms with Crippen molar-refractivity contribution in [3.63, 3.8) is 0 Å². The van der Waals surface area contributed by atoms with Crippen molar-refractivity contribution >= 4 is 0 Å². The van der Waals surface area contributed by atoms with Crippen molar-refractivity contribution in [3.05, 3.63) is 34.9 Å². The third-order valence-corrected chi connectivity index (χ3v) is 3.11. The summed E-state index contributed by atoms with van der Waals surface area (Å²) in [6, 6.07) is 6.74. The zero-order valence-electron chi connectivity index (χ0n) is 10.8. The molecule has 0 bridgehead atoms. The predicted molar refractivity (Wildman–Crippen MR) is 68.7 cm³/mol. The fourth-order valence-electron chi connectivity index (χ4n) is 1.84. The summed E-state index contributed by atoms with van der Waals surface area (Å²) in [6.45, 7) is 6.33. The summed E-state index contributed by atoms with van der Waals surface area (Å²) < 4.78 is 5.22. The summed E-state index contributed by atoms with van der Waals surface area (Å²) in [5.41, 5.74) is 10.1. The van der Waals surface area contributed by atoms with Gasteiger partial charge in [-0.2, -0.15) is 0 Å². The van der Waals surface area contributed by atoms with Crippen LogP contribution in [0.2, 0.25) is 0 Å². The second-order valence-corrected chi connectivity index (χ2v) is 4.66. The van der Waals surface area contributed by atoms with Crippen LogP contribution in [0.15, 0.2) is 18.2 Å². The Hall–Kier alpha value is -0.860. The van der Waals surface area contributed by atoms with Crippen molar-refractivity contribution < 1.29 is 4.74 Å². The lowest BCUT2D eigenvalue weighted by Gasteiger charge is -2.16. The maximum Gasteiger partial charge on any atom is 0.0558 e. The van der Waals surface area contributed by atoms with Crippen LogP contribution in [0.4, 0.5) is 0 Å². The van der Waals surface area contributed by atoms with Crippen LogP contribution in [0, 0.1) is 13.8 Å². The Kier molecular flexibility index (Phi) is 4.97. The number of nitrogens with two attached hydrogens (primary N) is 1. The first kappa shape index (κ1) is 13.2. The van der Waals surface area contributed by atoms with Gasteiger partial charge in [0.25, 0.3) is 0 Å². The van der Waals surface area contributed by atoms with Crippen LogP contribution in [0.25, 0.3) is 0 Å².